The molecule has 2 rings (SSSR count). The minimum absolute atomic E-state index is 0.0482. The lowest BCUT2D eigenvalue weighted by Crippen LogP contribution is -2.47. The highest BCUT2D eigenvalue weighted by molar-refractivity contribution is 5.85. The quantitative estimate of drug-likeness (QED) is 0.855. The average Bonchev–Trinajstić information content (AvgIpc) is 2.47. The molecule has 0 aromatic heterocycles. The summed E-state index contributed by atoms with van der Waals surface area (Å²) in [5, 5.41) is 9.28. The minimum Gasteiger partial charge on any atom is -0.481 e. The van der Waals surface area contributed by atoms with E-state index in [1.807, 2.05) is 11.8 Å². The van der Waals surface area contributed by atoms with Gasteiger partial charge >= 0.3 is 5.97 Å². The van der Waals surface area contributed by atoms with E-state index in [4.69, 9.17) is 4.74 Å². The fraction of sp³-hybridized carbons (Fsp3) is 0.867. The second-order valence-electron chi connectivity index (χ2n) is 5.82. The highest BCUT2D eigenvalue weighted by atomic mass is 16.5. The van der Waals surface area contributed by atoms with E-state index in [0.29, 0.717) is 26.1 Å². The van der Waals surface area contributed by atoms with Crippen LogP contribution in [0.5, 0.6) is 0 Å². The van der Waals surface area contributed by atoms with Gasteiger partial charge in [-0.15, -0.1) is 0 Å². The second-order valence-corrected chi connectivity index (χ2v) is 5.82. The molecular weight excluding hydrogens is 258 g/mol. The Morgan fingerprint density at radius 3 is 2.25 bits per heavy atom. The van der Waals surface area contributed by atoms with Crippen LogP contribution in [-0.4, -0.2) is 47.7 Å². The Morgan fingerprint density at radius 2 is 1.70 bits per heavy atom. The van der Waals surface area contributed by atoms with Crippen molar-refractivity contribution in [1.29, 1.82) is 0 Å². The van der Waals surface area contributed by atoms with E-state index < -0.39 is 11.9 Å². The first-order valence-corrected chi connectivity index (χ1v) is 7.76. The molecule has 1 aliphatic carbocycles. The minimum atomic E-state index is -0.813. The fourth-order valence-corrected chi connectivity index (χ4v) is 3.44. The molecule has 1 aliphatic heterocycles. The molecule has 0 aromatic rings. The Bertz CT molecular complexity index is 350. The van der Waals surface area contributed by atoms with Gasteiger partial charge in [0.2, 0.25) is 5.91 Å². The molecule has 2 unspecified atom stereocenters. The zero-order valence-corrected chi connectivity index (χ0v) is 12.2. The van der Waals surface area contributed by atoms with Crippen LogP contribution >= 0.6 is 0 Å². The van der Waals surface area contributed by atoms with Gasteiger partial charge in [-0.1, -0.05) is 12.8 Å². The standard InChI is InChI=1S/C15H25NO4/c1-2-20-11-7-9-16(10-8-11)14(17)12-5-3-4-6-13(12)15(18)19/h11-13H,2-10H2,1H3,(H,18,19). The molecule has 20 heavy (non-hydrogen) atoms. The van der Waals surface area contributed by atoms with Crippen molar-refractivity contribution in [1.82, 2.24) is 4.90 Å². The van der Waals surface area contributed by atoms with Crippen molar-refractivity contribution in [2.24, 2.45) is 11.8 Å². The van der Waals surface area contributed by atoms with Crippen molar-refractivity contribution >= 4 is 11.9 Å². The molecule has 1 saturated carbocycles. The van der Waals surface area contributed by atoms with Gasteiger partial charge in [-0.05, 0) is 32.6 Å². The zero-order chi connectivity index (χ0) is 14.5. The van der Waals surface area contributed by atoms with E-state index in [9.17, 15) is 14.7 Å². The molecule has 0 spiro atoms. The maximum atomic E-state index is 12.6. The van der Waals surface area contributed by atoms with Crippen LogP contribution in [0.1, 0.15) is 45.4 Å². The molecule has 2 fully saturated rings. The molecule has 1 saturated heterocycles. The summed E-state index contributed by atoms with van der Waals surface area (Å²) < 4.78 is 5.58. The van der Waals surface area contributed by atoms with E-state index >= 15 is 0 Å². The predicted molar refractivity (Wildman–Crippen MR) is 74.3 cm³/mol. The van der Waals surface area contributed by atoms with Crippen molar-refractivity contribution in [3.63, 3.8) is 0 Å². The van der Waals surface area contributed by atoms with Crippen molar-refractivity contribution in [2.75, 3.05) is 19.7 Å². The molecule has 1 amide bonds. The topological polar surface area (TPSA) is 66.8 Å². The number of piperidine rings is 1. The maximum absolute atomic E-state index is 12.6. The molecule has 2 atom stereocenters. The molecule has 1 N–H and O–H groups in total. The Labute approximate surface area is 120 Å². The van der Waals surface area contributed by atoms with Crippen molar-refractivity contribution in [3.8, 4) is 0 Å². The number of ether oxygens (including phenoxy) is 1. The number of likely N-dealkylation sites (tertiary alicyclic amines) is 1. The van der Waals surface area contributed by atoms with Crippen LogP contribution in [0.25, 0.3) is 0 Å². The molecule has 0 aromatic carbocycles. The first-order valence-electron chi connectivity index (χ1n) is 7.76. The molecule has 1 heterocycles. The van der Waals surface area contributed by atoms with Crippen LogP contribution in [-0.2, 0) is 14.3 Å². The molecule has 2 aliphatic rings. The van der Waals surface area contributed by atoms with Gasteiger partial charge < -0.3 is 14.7 Å². The molecule has 5 heteroatoms. The highest BCUT2D eigenvalue weighted by Crippen LogP contribution is 2.32. The van der Waals surface area contributed by atoms with Crippen LogP contribution < -0.4 is 0 Å². The Hall–Kier alpha value is -1.10. The number of carboxylic acid groups (broad SMARTS) is 1. The van der Waals surface area contributed by atoms with E-state index in [2.05, 4.69) is 0 Å². The summed E-state index contributed by atoms with van der Waals surface area (Å²) in [5.74, 6) is -1.56. The number of amides is 1. The number of nitrogens with zero attached hydrogens (tertiary/aromatic N) is 1. The maximum Gasteiger partial charge on any atom is 0.307 e. The van der Waals surface area contributed by atoms with Crippen LogP contribution in [0, 0.1) is 11.8 Å². The molecule has 114 valence electrons. The van der Waals surface area contributed by atoms with Gasteiger partial charge in [0.05, 0.1) is 17.9 Å². The summed E-state index contributed by atoms with van der Waals surface area (Å²) in [5.41, 5.74) is 0. The lowest BCUT2D eigenvalue weighted by atomic mass is 9.78. The summed E-state index contributed by atoms with van der Waals surface area (Å²) in [4.78, 5) is 25.7. The second kappa shape index (κ2) is 7.07. The van der Waals surface area contributed by atoms with E-state index in [1.54, 1.807) is 0 Å². The lowest BCUT2D eigenvalue weighted by Gasteiger charge is -2.36. The number of aliphatic carboxylic acids is 1. The third-order valence-electron chi connectivity index (χ3n) is 4.56. The number of carbonyl (C=O) groups is 2. The van der Waals surface area contributed by atoms with Crippen molar-refractivity contribution in [3.05, 3.63) is 0 Å². The Morgan fingerprint density at radius 1 is 1.10 bits per heavy atom. The van der Waals surface area contributed by atoms with Crippen molar-refractivity contribution < 1.29 is 19.4 Å². The van der Waals surface area contributed by atoms with Gasteiger partial charge in [-0.3, -0.25) is 9.59 Å². The molecule has 0 bridgehead atoms. The van der Waals surface area contributed by atoms with E-state index in [-0.39, 0.29) is 17.9 Å². The summed E-state index contributed by atoms with van der Waals surface area (Å²) in [6.07, 6.45) is 5.24. The largest absolute Gasteiger partial charge is 0.481 e. The van der Waals surface area contributed by atoms with E-state index in [0.717, 1.165) is 32.1 Å². The summed E-state index contributed by atoms with van der Waals surface area (Å²) in [6.45, 7) is 4.10. The third-order valence-corrected chi connectivity index (χ3v) is 4.56. The number of carbonyl (C=O) groups excluding carboxylic acids is 1. The van der Waals surface area contributed by atoms with Gasteiger partial charge in [-0.25, -0.2) is 0 Å². The van der Waals surface area contributed by atoms with Gasteiger partial charge in [-0.2, -0.15) is 0 Å². The SMILES string of the molecule is CCOC1CCN(C(=O)C2CCCCC2C(=O)O)CC1. The Kier molecular flexibility index (Phi) is 5.40. The molecular formula is C15H25NO4. The van der Waals surface area contributed by atoms with Crippen LogP contribution in [0.3, 0.4) is 0 Å². The number of hydrogen-bond acceptors (Lipinski definition) is 3. The van der Waals surface area contributed by atoms with Gasteiger partial charge in [0, 0.05) is 19.7 Å². The van der Waals surface area contributed by atoms with Crippen LogP contribution in [0.4, 0.5) is 0 Å². The highest BCUT2D eigenvalue weighted by Gasteiger charge is 2.38. The van der Waals surface area contributed by atoms with Crippen LogP contribution in [0.2, 0.25) is 0 Å². The van der Waals surface area contributed by atoms with Crippen LogP contribution in [0.15, 0.2) is 0 Å². The molecule has 0 radical (unpaired) electrons. The van der Waals surface area contributed by atoms with Gasteiger partial charge in [0.25, 0.3) is 0 Å². The van der Waals surface area contributed by atoms with E-state index in [1.165, 1.54) is 0 Å². The number of hydrogen-bond donors (Lipinski definition) is 1. The summed E-state index contributed by atoms with van der Waals surface area (Å²) >= 11 is 0. The number of carboxylic acids is 1. The third kappa shape index (κ3) is 3.51. The first kappa shape index (κ1) is 15.3. The smallest absolute Gasteiger partial charge is 0.307 e. The monoisotopic (exact) mass is 283 g/mol. The summed E-state index contributed by atoms with van der Waals surface area (Å²) in [7, 11) is 0. The van der Waals surface area contributed by atoms with Gasteiger partial charge in [0.15, 0.2) is 0 Å². The number of rotatable bonds is 4. The van der Waals surface area contributed by atoms with Gasteiger partial charge in [0.1, 0.15) is 0 Å². The predicted octanol–water partition coefficient (Wildman–Crippen LogP) is 1.90. The lowest BCUT2D eigenvalue weighted by molar-refractivity contribution is -0.153. The zero-order valence-electron chi connectivity index (χ0n) is 12.2. The van der Waals surface area contributed by atoms with Crippen molar-refractivity contribution in [2.45, 2.75) is 51.6 Å². The fourth-order valence-electron chi connectivity index (χ4n) is 3.44. The normalized spacial score (nSPS) is 28.4. The molecule has 5 nitrogen and oxygen atoms in total. The summed E-state index contributed by atoms with van der Waals surface area (Å²) in [6, 6.07) is 0. The Balaban J connectivity index is 1.92. The average molecular weight is 283 g/mol. The first-order chi connectivity index (χ1) is 9.63.